The van der Waals surface area contributed by atoms with Gasteiger partial charge >= 0.3 is 0 Å². The second-order valence-corrected chi connectivity index (χ2v) is 3.94. The highest BCUT2D eigenvalue weighted by molar-refractivity contribution is 7.98. The molecule has 84 valence electrons. The molecule has 0 fully saturated rings. The fourth-order valence-electron chi connectivity index (χ4n) is 1.35. The van der Waals surface area contributed by atoms with E-state index in [4.69, 9.17) is 4.74 Å². The molecular formula is C10H12N4OS. The number of thioether (sulfide) groups is 1. The van der Waals surface area contributed by atoms with E-state index in [0.29, 0.717) is 6.54 Å². The van der Waals surface area contributed by atoms with Gasteiger partial charge in [-0.15, -0.1) is 5.10 Å². The van der Waals surface area contributed by atoms with E-state index < -0.39 is 0 Å². The van der Waals surface area contributed by atoms with E-state index in [2.05, 4.69) is 15.5 Å². The molecule has 0 atom stereocenters. The standard InChI is InChI=1S/C10H12N4OS/c1-15-9-5-3-8(4-6-9)7-14-10(16-2)11-12-13-14/h3-6H,7H2,1-2H3. The van der Waals surface area contributed by atoms with Crippen molar-refractivity contribution in [2.75, 3.05) is 13.4 Å². The van der Waals surface area contributed by atoms with E-state index in [0.717, 1.165) is 16.5 Å². The number of rotatable bonds is 4. The summed E-state index contributed by atoms with van der Waals surface area (Å²) >= 11 is 1.53. The SMILES string of the molecule is COc1ccc(Cn2nnnc2SC)cc1. The van der Waals surface area contributed by atoms with Crippen molar-refractivity contribution in [2.45, 2.75) is 11.7 Å². The van der Waals surface area contributed by atoms with Crippen LogP contribution in [0.3, 0.4) is 0 Å². The Morgan fingerprint density at radius 3 is 2.69 bits per heavy atom. The summed E-state index contributed by atoms with van der Waals surface area (Å²) in [7, 11) is 1.65. The average Bonchev–Trinajstić information content (AvgIpc) is 2.77. The lowest BCUT2D eigenvalue weighted by molar-refractivity contribution is 0.414. The maximum Gasteiger partial charge on any atom is 0.209 e. The van der Waals surface area contributed by atoms with Crippen LogP contribution < -0.4 is 4.74 Å². The first-order valence-electron chi connectivity index (χ1n) is 4.76. The summed E-state index contributed by atoms with van der Waals surface area (Å²) in [6.07, 6.45) is 1.95. The molecule has 0 bridgehead atoms. The van der Waals surface area contributed by atoms with Crippen LogP contribution in [0.15, 0.2) is 29.4 Å². The highest BCUT2D eigenvalue weighted by Crippen LogP contribution is 2.14. The van der Waals surface area contributed by atoms with Gasteiger partial charge in [-0.1, -0.05) is 23.9 Å². The fourth-order valence-corrected chi connectivity index (χ4v) is 1.78. The van der Waals surface area contributed by atoms with Gasteiger partial charge < -0.3 is 4.74 Å². The van der Waals surface area contributed by atoms with Crippen molar-refractivity contribution in [3.63, 3.8) is 0 Å². The van der Waals surface area contributed by atoms with Crippen molar-refractivity contribution in [3.05, 3.63) is 29.8 Å². The highest BCUT2D eigenvalue weighted by atomic mass is 32.2. The molecule has 1 heterocycles. The van der Waals surface area contributed by atoms with Gasteiger partial charge in [0.1, 0.15) is 5.75 Å². The molecule has 6 heteroatoms. The van der Waals surface area contributed by atoms with E-state index in [1.54, 1.807) is 11.8 Å². The lowest BCUT2D eigenvalue weighted by atomic mass is 10.2. The van der Waals surface area contributed by atoms with Crippen LogP contribution in [0.5, 0.6) is 5.75 Å². The fraction of sp³-hybridized carbons (Fsp3) is 0.300. The Kier molecular flexibility index (Phi) is 3.40. The van der Waals surface area contributed by atoms with Crippen LogP contribution in [0.2, 0.25) is 0 Å². The van der Waals surface area contributed by atoms with Crippen molar-refractivity contribution in [2.24, 2.45) is 0 Å². The Bertz CT molecular complexity index is 454. The summed E-state index contributed by atoms with van der Waals surface area (Å²) in [4.78, 5) is 0. The summed E-state index contributed by atoms with van der Waals surface area (Å²) in [6.45, 7) is 0.674. The summed E-state index contributed by atoms with van der Waals surface area (Å²) in [5.41, 5.74) is 1.14. The maximum atomic E-state index is 5.10. The van der Waals surface area contributed by atoms with Crippen LogP contribution in [0, 0.1) is 0 Å². The number of tetrazole rings is 1. The zero-order valence-electron chi connectivity index (χ0n) is 9.12. The molecule has 16 heavy (non-hydrogen) atoms. The second-order valence-electron chi connectivity index (χ2n) is 3.17. The predicted octanol–water partition coefficient (Wildman–Crippen LogP) is 1.45. The van der Waals surface area contributed by atoms with Gasteiger partial charge in [0, 0.05) is 0 Å². The summed E-state index contributed by atoms with van der Waals surface area (Å²) < 4.78 is 6.87. The van der Waals surface area contributed by atoms with Gasteiger partial charge in [-0.3, -0.25) is 0 Å². The molecule has 0 radical (unpaired) electrons. The molecule has 0 spiro atoms. The average molecular weight is 236 g/mol. The Balaban J connectivity index is 2.14. The monoisotopic (exact) mass is 236 g/mol. The van der Waals surface area contributed by atoms with Crippen LogP contribution in [0.1, 0.15) is 5.56 Å². The number of hydrogen-bond donors (Lipinski definition) is 0. The van der Waals surface area contributed by atoms with Crippen LogP contribution in [0.4, 0.5) is 0 Å². The lowest BCUT2D eigenvalue weighted by Gasteiger charge is -2.04. The molecule has 1 aromatic carbocycles. The number of hydrogen-bond acceptors (Lipinski definition) is 5. The molecule has 5 nitrogen and oxygen atoms in total. The third-order valence-electron chi connectivity index (χ3n) is 2.17. The van der Waals surface area contributed by atoms with Crippen LogP contribution in [-0.4, -0.2) is 33.6 Å². The topological polar surface area (TPSA) is 52.8 Å². The van der Waals surface area contributed by atoms with Crippen molar-refractivity contribution < 1.29 is 4.74 Å². The molecule has 0 saturated carbocycles. The Labute approximate surface area is 97.8 Å². The predicted molar refractivity (Wildman–Crippen MR) is 61.7 cm³/mol. The zero-order chi connectivity index (χ0) is 11.4. The van der Waals surface area contributed by atoms with Crippen molar-refractivity contribution in [1.82, 2.24) is 20.2 Å². The maximum absolute atomic E-state index is 5.10. The number of nitrogens with zero attached hydrogens (tertiary/aromatic N) is 4. The normalized spacial score (nSPS) is 10.4. The van der Waals surface area contributed by atoms with Crippen molar-refractivity contribution in [3.8, 4) is 5.75 Å². The molecule has 0 aliphatic rings. The Morgan fingerprint density at radius 2 is 2.06 bits per heavy atom. The van der Waals surface area contributed by atoms with Crippen LogP contribution >= 0.6 is 11.8 Å². The number of ether oxygens (including phenoxy) is 1. The number of benzene rings is 1. The molecule has 0 aliphatic carbocycles. The van der Waals surface area contributed by atoms with Gasteiger partial charge in [-0.2, -0.15) is 0 Å². The first-order chi connectivity index (χ1) is 7.83. The molecular weight excluding hydrogens is 224 g/mol. The number of aromatic nitrogens is 4. The van der Waals surface area contributed by atoms with Gasteiger partial charge in [-0.05, 0) is 34.4 Å². The number of methoxy groups -OCH3 is 1. The Morgan fingerprint density at radius 1 is 1.31 bits per heavy atom. The minimum atomic E-state index is 0.674. The van der Waals surface area contributed by atoms with Gasteiger partial charge in [0.05, 0.1) is 13.7 Å². The lowest BCUT2D eigenvalue weighted by Crippen LogP contribution is -2.03. The first kappa shape index (κ1) is 10.9. The van der Waals surface area contributed by atoms with Gasteiger partial charge in [-0.25, -0.2) is 4.68 Å². The molecule has 0 saturated heterocycles. The smallest absolute Gasteiger partial charge is 0.209 e. The largest absolute Gasteiger partial charge is 0.497 e. The third-order valence-corrected chi connectivity index (χ3v) is 2.83. The van der Waals surface area contributed by atoms with E-state index >= 15 is 0 Å². The molecule has 1 aromatic heterocycles. The minimum absolute atomic E-state index is 0.674. The molecule has 2 aromatic rings. The summed E-state index contributed by atoms with van der Waals surface area (Å²) in [6, 6.07) is 7.87. The summed E-state index contributed by atoms with van der Waals surface area (Å²) in [5.74, 6) is 0.852. The quantitative estimate of drug-likeness (QED) is 0.752. The first-order valence-corrected chi connectivity index (χ1v) is 5.99. The third kappa shape index (κ3) is 2.33. The second kappa shape index (κ2) is 4.98. The van der Waals surface area contributed by atoms with E-state index in [1.807, 2.05) is 30.5 Å². The molecule has 0 unspecified atom stereocenters. The Hall–Kier alpha value is -1.56. The molecule has 0 aliphatic heterocycles. The van der Waals surface area contributed by atoms with E-state index in [1.165, 1.54) is 11.8 Å². The van der Waals surface area contributed by atoms with Crippen LogP contribution in [-0.2, 0) is 6.54 Å². The highest BCUT2D eigenvalue weighted by Gasteiger charge is 2.04. The van der Waals surface area contributed by atoms with Crippen LogP contribution in [0.25, 0.3) is 0 Å². The molecule has 2 rings (SSSR count). The zero-order valence-corrected chi connectivity index (χ0v) is 9.94. The van der Waals surface area contributed by atoms with E-state index in [-0.39, 0.29) is 0 Å². The van der Waals surface area contributed by atoms with E-state index in [9.17, 15) is 0 Å². The van der Waals surface area contributed by atoms with Crippen molar-refractivity contribution in [1.29, 1.82) is 0 Å². The van der Waals surface area contributed by atoms with Gasteiger partial charge in [0.15, 0.2) is 0 Å². The van der Waals surface area contributed by atoms with Crippen molar-refractivity contribution >= 4 is 11.8 Å². The summed E-state index contributed by atoms with van der Waals surface area (Å²) in [5, 5.41) is 12.3. The van der Waals surface area contributed by atoms with Gasteiger partial charge in [0.2, 0.25) is 5.16 Å². The molecule has 0 amide bonds. The molecule has 0 N–H and O–H groups in total. The minimum Gasteiger partial charge on any atom is -0.497 e. The van der Waals surface area contributed by atoms with Gasteiger partial charge in [0.25, 0.3) is 0 Å².